The zero-order valence-electron chi connectivity index (χ0n) is 13.9. The number of para-hydroxylation sites is 1. The fourth-order valence-corrected chi connectivity index (χ4v) is 3.41. The molecular formula is C19H29NO. The smallest absolute Gasteiger partial charge is 0.134 e. The van der Waals surface area contributed by atoms with Crippen LogP contribution >= 0.6 is 0 Å². The highest BCUT2D eigenvalue weighted by Gasteiger charge is 2.26. The van der Waals surface area contributed by atoms with Crippen LogP contribution in [0.15, 0.2) is 28.7 Å². The van der Waals surface area contributed by atoms with E-state index in [0.717, 1.165) is 17.8 Å². The van der Waals surface area contributed by atoms with Crippen LogP contribution in [0.3, 0.4) is 0 Å². The molecule has 1 heterocycles. The lowest BCUT2D eigenvalue weighted by molar-refractivity contribution is 0.335. The first kappa shape index (κ1) is 16.1. The van der Waals surface area contributed by atoms with Gasteiger partial charge in [0.1, 0.15) is 11.3 Å². The Balaban J connectivity index is 2.44. The Morgan fingerprint density at radius 3 is 2.52 bits per heavy atom. The average Bonchev–Trinajstić information content (AvgIpc) is 2.90. The molecule has 0 aliphatic heterocycles. The third-order valence-corrected chi connectivity index (χ3v) is 4.58. The van der Waals surface area contributed by atoms with E-state index in [2.05, 4.69) is 57.4 Å². The molecule has 21 heavy (non-hydrogen) atoms. The van der Waals surface area contributed by atoms with Crippen molar-refractivity contribution in [1.82, 2.24) is 5.32 Å². The lowest BCUT2D eigenvalue weighted by Crippen LogP contribution is -2.25. The van der Waals surface area contributed by atoms with Crippen molar-refractivity contribution in [3.8, 4) is 0 Å². The molecule has 2 heteroatoms. The van der Waals surface area contributed by atoms with Crippen LogP contribution in [0.25, 0.3) is 11.0 Å². The summed E-state index contributed by atoms with van der Waals surface area (Å²) >= 11 is 0. The van der Waals surface area contributed by atoms with Crippen molar-refractivity contribution in [3.05, 3.63) is 35.6 Å². The molecule has 0 amide bonds. The number of aryl methyl sites for hydroxylation is 1. The van der Waals surface area contributed by atoms with Crippen LogP contribution < -0.4 is 5.32 Å². The van der Waals surface area contributed by atoms with Gasteiger partial charge in [-0.15, -0.1) is 0 Å². The summed E-state index contributed by atoms with van der Waals surface area (Å²) < 4.78 is 6.09. The van der Waals surface area contributed by atoms with E-state index in [9.17, 15) is 0 Å². The maximum absolute atomic E-state index is 6.09. The maximum atomic E-state index is 6.09. The molecule has 2 unspecified atom stereocenters. The topological polar surface area (TPSA) is 25.2 Å². The Morgan fingerprint density at radius 1 is 1.14 bits per heavy atom. The first-order chi connectivity index (χ1) is 10.3. The van der Waals surface area contributed by atoms with Crippen molar-refractivity contribution in [1.29, 1.82) is 0 Å². The number of nitrogens with one attached hydrogen (secondary N) is 1. The first-order valence-corrected chi connectivity index (χ1v) is 8.44. The molecule has 2 rings (SSSR count). The normalized spacial score (nSPS) is 14.5. The van der Waals surface area contributed by atoms with Crippen molar-refractivity contribution < 1.29 is 4.42 Å². The van der Waals surface area contributed by atoms with Gasteiger partial charge in [0.25, 0.3) is 0 Å². The Kier molecular flexibility index (Phi) is 5.86. The van der Waals surface area contributed by atoms with Gasteiger partial charge in [0.15, 0.2) is 0 Å². The van der Waals surface area contributed by atoms with Crippen LogP contribution in [0.5, 0.6) is 0 Å². The highest BCUT2D eigenvalue weighted by molar-refractivity contribution is 5.82. The molecule has 1 aromatic carbocycles. The van der Waals surface area contributed by atoms with Gasteiger partial charge in [-0.1, -0.05) is 58.2 Å². The van der Waals surface area contributed by atoms with E-state index in [4.69, 9.17) is 4.42 Å². The predicted molar refractivity (Wildman–Crippen MR) is 90.7 cm³/mol. The highest BCUT2D eigenvalue weighted by atomic mass is 16.3. The molecule has 0 bridgehead atoms. The molecule has 0 aliphatic rings. The second kappa shape index (κ2) is 7.65. The standard InChI is InChI=1S/C19H29NO/c1-5-8-11-14(6-2)19(20-4)18-15-12-9-10-13-17(15)21-16(18)7-3/h9-10,12-14,19-20H,5-8,11H2,1-4H3. The van der Waals surface area contributed by atoms with Gasteiger partial charge in [-0.2, -0.15) is 0 Å². The van der Waals surface area contributed by atoms with Crippen LogP contribution in [-0.4, -0.2) is 7.05 Å². The Bertz CT molecular complexity index is 558. The lowest BCUT2D eigenvalue weighted by atomic mass is 9.85. The maximum Gasteiger partial charge on any atom is 0.134 e. The number of benzene rings is 1. The van der Waals surface area contributed by atoms with E-state index < -0.39 is 0 Å². The summed E-state index contributed by atoms with van der Waals surface area (Å²) in [6.07, 6.45) is 6.00. The van der Waals surface area contributed by atoms with Crippen molar-refractivity contribution in [3.63, 3.8) is 0 Å². The summed E-state index contributed by atoms with van der Waals surface area (Å²) in [6, 6.07) is 8.83. The van der Waals surface area contributed by atoms with Gasteiger partial charge >= 0.3 is 0 Å². The lowest BCUT2D eigenvalue weighted by Gasteiger charge is -2.26. The van der Waals surface area contributed by atoms with Gasteiger partial charge in [-0.3, -0.25) is 0 Å². The molecule has 0 saturated carbocycles. The van der Waals surface area contributed by atoms with Crippen LogP contribution in [0.4, 0.5) is 0 Å². The van der Waals surface area contributed by atoms with E-state index in [-0.39, 0.29) is 0 Å². The molecule has 2 nitrogen and oxygen atoms in total. The predicted octanol–water partition coefficient (Wildman–Crippen LogP) is 5.47. The first-order valence-electron chi connectivity index (χ1n) is 8.44. The van der Waals surface area contributed by atoms with Gasteiger partial charge in [0.2, 0.25) is 0 Å². The quantitative estimate of drug-likeness (QED) is 0.696. The van der Waals surface area contributed by atoms with Gasteiger partial charge in [-0.05, 0) is 25.5 Å². The van der Waals surface area contributed by atoms with Crippen molar-refractivity contribution in [2.75, 3.05) is 7.05 Å². The molecule has 1 N–H and O–H groups in total. The molecule has 1 aromatic heterocycles. The summed E-state index contributed by atoms with van der Waals surface area (Å²) in [5.41, 5.74) is 2.41. The fourth-order valence-electron chi connectivity index (χ4n) is 3.41. The van der Waals surface area contributed by atoms with Gasteiger partial charge in [0.05, 0.1) is 0 Å². The Morgan fingerprint density at radius 2 is 1.90 bits per heavy atom. The zero-order valence-corrected chi connectivity index (χ0v) is 13.9. The summed E-state index contributed by atoms with van der Waals surface area (Å²) in [4.78, 5) is 0. The molecule has 2 aromatic rings. The van der Waals surface area contributed by atoms with Crippen LogP contribution in [-0.2, 0) is 6.42 Å². The van der Waals surface area contributed by atoms with Crippen LogP contribution in [0, 0.1) is 5.92 Å². The monoisotopic (exact) mass is 287 g/mol. The molecule has 0 saturated heterocycles. The third-order valence-electron chi connectivity index (χ3n) is 4.58. The fraction of sp³-hybridized carbons (Fsp3) is 0.579. The number of furan rings is 1. The zero-order chi connectivity index (χ0) is 15.2. The van der Waals surface area contributed by atoms with Crippen molar-refractivity contribution in [2.24, 2.45) is 5.92 Å². The summed E-state index contributed by atoms with van der Waals surface area (Å²) in [5, 5.41) is 4.85. The number of unbranched alkanes of at least 4 members (excludes halogenated alkanes) is 1. The van der Waals surface area contributed by atoms with Crippen LogP contribution in [0.2, 0.25) is 0 Å². The average molecular weight is 287 g/mol. The van der Waals surface area contributed by atoms with Gasteiger partial charge in [-0.25, -0.2) is 0 Å². The highest BCUT2D eigenvalue weighted by Crippen LogP contribution is 2.37. The molecule has 0 radical (unpaired) electrons. The largest absolute Gasteiger partial charge is 0.461 e. The Hall–Kier alpha value is -1.28. The minimum absolute atomic E-state index is 0.389. The van der Waals surface area contributed by atoms with Crippen LogP contribution in [0.1, 0.15) is 63.8 Å². The number of fused-ring (bicyclic) bond motifs is 1. The number of hydrogen-bond acceptors (Lipinski definition) is 2. The minimum Gasteiger partial charge on any atom is -0.461 e. The molecule has 0 spiro atoms. The molecule has 2 atom stereocenters. The Labute approximate surface area is 128 Å². The number of hydrogen-bond donors (Lipinski definition) is 1. The minimum atomic E-state index is 0.389. The second-order valence-corrected chi connectivity index (χ2v) is 5.87. The van der Waals surface area contributed by atoms with E-state index in [1.807, 2.05) is 0 Å². The summed E-state index contributed by atoms with van der Waals surface area (Å²) in [5.74, 6) is 1.81. The molecule has 0 fully saturated rings. The summed E-state index contributed by atoms with van der Waals surface area (Å²) in [6.45, 7) is 6.76. The van der Waals surface area contributed by atoms with E-state index in [1.165, 1.54) is 36.6 Å². The summed E-state index contributed by atoms with van der Waals surface area (Å²) in [7, 11) is 2.08. The number of rotatable bonds is 8. The third kappa shape index (κ3) is 3.32. The van der Waals surface area contributed by atoms with Gasteiger partial charge in [0, 0.05) is 23.4 Å². The van der Waals surface area contributed by atoms with Crippen molar-refractivity contribution >= 4 is 11.0 Å². The molecule has 116 valence electrons. The second-order valence-electron chi connectivity index (χ2n) is 5.87. The SMILES string of the molecule is CCCCC(CC)C(NC)c1c(CC)oc2ccccc12. The van der Waals surface area contributed by atoms with Gasteiger partial charge < -0.3 is 9.73 Å². The van der Waals surface area contributed by atoms with E-state index in [0.29, 0.717) is 12.0 Å². The molecular weight excluding hydrogens is 258 g/mol. The molecule has 0 aliphatic carbocycles. The van der Waals surface area contributed by atoms with E-state index >= 15 is 0 Å². The van der Waals surface area contributed by atoms with E-state index in [1.54, 1.807) is 0 Å². The van der Waals surface area contributed by atoms with Crippen molar-refractivity contribution in [2.45, 2.75) is 58.9 Å².